The number of benzene rings is 1. The van der Waals surface area contributed by atoms with Gasteiger partial charge in [0, 0.05) is 31.1 Å². The Morgan fingerprint density at radius 3 is 2.43 bits per heavy atom. The second-order valence-electron chi connectivity index (χ2n) is 4.22. The average molecular weight is 310 g/mol. The summed E-state index contributed by atoms with van der Waals surface area (Å²) in [5.74, 6) is -0.220. The molecule has 0 fully saturated rings. The fourth-order valence-electron chi connectivity index (χ4n) is 1.51. The van der Waals surface area contributed by atoms with Crippen molar-refractivity contribution in [2.24, 2.45) is 0 Å². The number of methoxy groups -OCH3 is 2. The fourth-order valence-corrected chi connectivity index (χ4v) is 2.38. The Morgan fingerprint density at radius 1 is 1.24 bits per heavy atom. The van der Waals surface area contributed by atoms with Crippen LogP contribution >= 0.6 is 11.3 Å². The summed E-state index contributed by atoms with van der Waals surface area (Å²) in [5, 5.41) is 1.85. The van der Waals surface area contributed by atoms with Crippen LogP contribution in [-0.4, -0.2) is 26.8 Å². The third-order valence-electron chi connectivity index (χ3n) is 2.88. The molecule has 114 valence electrons. The van der Waals surface area contributed by atoms with Gasteiger partial charge in [-0.15, -0.1) is 11.3 Å². The topological polar surface area (TPSA) is 35.5 Å². The number of carbonyl (C=O) groups excluding carboxylic acids is 1. The number of aldehydes is 1. The summed E-state index contributed by atoms with van der Waals surface area (Å²) in [6.07, 6.45) is 1.23. The molecule has 0 N–H and O–H groups in total. The molecule has 0 aliphatic heterocycles. The first-order valence-corrected chi connectivity index (χ1v) is 7.30. The first kappa shape index (κ1) is 17.5. The lowest BCUT2D eigenvalue weighted by atomic mass is 10.1. The molecule has 21 heavy (non-hydrogen) atoms. The number of carbonyl (C=O) groups is 1. The highest BCUT2D eigenvalue weighted by Gasteiger charge is 2.07. The fraction of sp³-hybridized carbons (Fsp3) is 0.312. The van der Waals surface area contributed by atoms with Crippen LogP contribution in [0.25, 0.3) is 0 Å². The third kappa shape index (κ3) is 5.75. The number of halogens is 1. The Morgan fingerprint density at radius 2 is 1.90 bits per heavy atom. The van der Waals surface area contributed by atoms with Gasteiger partial charge < -0.3 is 9.47 Å². The zero-order valence-electron chi connectivity index (χ0n) is 12.3. The predicted octanol–water partition coefficient (Wildman–Crippen LogP) is 3.92. The molecule has 0 unspecified atom stereocenters. The Labute approximate surface area is 128 Å². The van der Waals surface area contributed by atoms with E-state index in [1.165, 1.54) is 17.4 Å². The maximum atomic E-state index is 13.3. The van der Waals surface area contributed by atoms with Crippen LogP contribution in [0.3, 0.4) is 0 Å². The van der Waals surface area contributed by atoms with Crippen molar-refractivity contribution in [3.63, 3.8) is 0 Å². The smallest absolute Gasteiger partial charge is 0.154 e. The van der Waals surface area contributed by atoms with E-state index in [2.05, 4.69) is 9.47 Å². The Kier molecular flexibility index (Phi) is 7.82. The second kappa shape index (κ2) is 9.39. The van der Waals surface area contributed by atoms with E-state index in [1.807, 2.05) is 12.3 Å². The van der Waals surface area contributed by atoms with Gasteiger partial charge in [-0.2, -0.15) is 0 Å². The van der Waals surface area contributed by atoms with Gasteiger partial charge in [0.05, 0.1) is 0 Å². The minimum atomic E-state index is -0.220. The molecular weight excluding hydrogens is 291 g/mol. The van der Waals surface area contributed by atoms with Gasteiger partial charge in [-0.05, 0) is 30.0 Å². The summed E-state index contributed by atoms with van der Waals surface area (Å²) >= 11 is 1.48. The van der Waals surface area contributed by atoms with E-state index in [0.717, 1.165) is 11.2 Å². The van der Waals surface area contributed by atoms with Gasteiger partial charge in [-0.25, -0.2) is 4.39 Å². The normalized spacial score (nSPS) is 10.1. The number of thiophene rings is 1. The molecule has 3 nitrogen and oxygen atoms in total. The summed E-state index contributed by atoms with van der Waals surface area (Å²) in [6, 6.07) is 8.39. The lowest BCUT2D eigenvalue weighted by molar-refractivity contribution is -0.0877. The number of ether oxygens (including phenoxy) is 2. The highest BCUT2D eigenvalue weighted by Crippen LogP contribution is 2.20. The average Bonchev–Trinajstić information content (AvgIpc) is 2.96. The van der Waals surface area contributed by atoms with Crippen LogP contribution < -0.4 is 0 Å². The van der Waals surface area contributed by atoms with Crippen LogP contribution in [0.4, 0.5) is 4.39 Å². The highest BCUT2D eigenvalue weighted by atomic mass is 32.1. The van der Waals surface area contributed by atoms with E-state index in [-0.39, 0.29) is 12.1 Å². The summed E-state index contributed by atoms with van der Waals surface area (Å²) in [4.78, 5) is 11.6. The highest BCUT2D eigenvalue weighted by molar-refractivity contribution is 7.10. The maximum absolute atomic E-state index is 13.3. The SMILES string of the molecule is COC(C)OC.O=Cc1ccsc1Cc1ccccc1F. The van der Waals surface area contributed by atoms with Crippen LogP contribution in [0.1, 0.15) is 27.7 Å². The van der Waals surface area contributed by atoms with Gasteiger partial charge in [-0.1, -0.05) is 18.2 Å². The molecule has 1 heterocycles. The van der Waals surface area contributed by atoms with Crippen molar-refractivity contribution in [3.8, 4) is 0 Å². The van der Waals surface area contributed by atoms with Crippen molar-refractivity contribution in [2.75, 3.05) is 14.2 Å². The largest absolute Gasteiger partial charge is 0.356 e. The molecule has 0 amide bonds. The quantitative estimate of drug-likeness (QED) is 0.620. The van der Waals surface area contributed by atoms with Crippen molar-refractivity contribution in [2.45, 2.75) is 19.6 Å². The van der Waals surface area contributed by atoms with Gasteiger partial charge in [0.15, 0.2) is 12.6 Å². The number of hydrogen-bond donors (Lipinski definition) is 0. The molecule has 0 bridgehead atoms. The number of rotatable bonds is 5. The van der Waals surface area contributed by atoms with Crippen LogP contribution in [0.2, 0.25) is 0 Å². The van der Waals surface area contributed by atoms with Crippen molar-refractivity contribution in [1.29, 1.82) is 0 Å². The van der Waals surface area contributed by atoms with Crippen molar-refractivity contribution in [3.05, 3.63) is 57.5 Å². The van der Waals surface area contributed by atoms with E-state index in [0.29, 0.717) is 17.5 Å². The van der Waals surface area contributed by atoms with Gasteiger partial charge >= 0.3 is 0 Å². The predicted molar refractivity (Wildman–Crippen MR) is 82.4 cm³/mol. The molecule has 0 saturated carbocycles. The van der Waals surface area contributed by atoms with Gasteiger partial charge in [0.2, 0.25) is 0 Å². The lowest BCUT2D eigenvalue weighted by Crippen LogP contribution is -2.05. The lowest BCUT2D eigenvalue weighted by Gasteiger charge is -2.03. The molecule has 5 heteroatoms. The Balaban J connectivity index is 0.000000315. The molecule has 0 atom stereocenters. The van der Waals surface area contributed by atoms with Gasteiger partial charge in [-0.3, -0.25) is 4.79 Å². The van der Waals surface area contributed by atoms with E-state index in [9.17, 15) is 9.18 Å². The molecule has 2 rings (SSSR count). The zero-order chi connectivity index (χ0) is 15.7. The van der Waals surface area contributed by atoms with Crippen molar-refractivity contribution < 1.29 is 18.7 Å². The second-order valence-corrected chi connectivity index (χ2v) is 5.22. The molecule has 0 spiro atoms. The van der Waals surface area contributed by atoms with E-state index in [4.69, 9.17) is 0 Å². The monoisotopic (exact) mass is 310 g/mol. The van der Waals surface area contributed by atoms with E-state index in [1.54, 1.807) is 38.5 Å². The van der Waals surface area contributed by atoms with Crippen LogP contribution in [0, 0.1) is 5.82 Å². The Bertz CT molecular complexity index is 550. The summed E-state index contributed by atoms with van der Waals surface area (Å²) in [7, 11) is 3.21. The summed E-state index contributed by atoms with van der Waals surface area (Å²) in [5.41, 5.74) is 1.28. The van der Waals surface area contributed by atoms with Crippen LogP contribution in [0.15, 0.2) is 35.7 Å². The molecule has 0 aliphatic rings. The molecule has 0 saturated heterocycles. The minimum absolute atomic E-state index is 0.0648. The number of hydrogen-bond acceptors (Lipinski definition) is 4. The first-order chi connectivity index (χ1) is 10.1. The Hall–Kier alpha value is -1.56. The maximum Gasteiger partial charge on any atom is 0.154 e. The van der Waals surface area contributed by atoms with Gasteiger partial charge in [0.1, 0.15) is 5.82 Å². The van der Waals surface area contributed by atoms with Crippen molar-refractivity contribution in [1.82, 2.24) is 0 Å². The van der Waals surface area contributed by atoms with Crippen LogP contribution in [0.5, 0.6) is 0 Å². The molecule has 1 aromatic heterocycles. The molecule has 1 aromatic carbocycles. The third-order valence-corrected chi connectivity index (χ3v) is 3.82. The van der Waals surface area contributed by atoms with E-state index >= 15 is 0 Å². The molecule has 0 aliphatic carbocycles. The van der Waals surface area contributed by atoms with Crippen LogP contribution in [-0.2, 0) is 15.9 Å². The van der Waals surface area contributed by atoms with Gasteiger partial charge in [0.25, 0.3) is 0 Å². The standard InChI is InChI=1S/C12H9FOS.C4H10O2/c13-11-4-2-1-3-9(11)7-12-10(8-14)5-6-15-12;1-4(5-2)6-3/h1-6,8H,7H2;4H,1-3H3. The zero-order valence-corrected chi connectivity index (χ0v) is 13.2. The first-order valence-electron chi connectivity index (χ1n) is 6.42. The van der Waals surface area contributed by atoms with Crippen molar-refractivity contribution >= 4 is 17.6 Å². The molecular formula is C16H19FO3S. The van der Waals surface area contributed by atoms with E-state index < -0.39 is 0 Å². The summed E-state index contributed by atoms with van der Waals surface area (Å²) < 4.78 is 22.7. The minimum Gasteiger partial charge on any atom is -0.356 e. The molecule has 0 radical (unpaired) electrons. The molecule has 2 aromatic rings. The summed E-state index contributed by atoms with van der Waals surface area (Å²) in [6.45, 7) is 1.83.